The van der Waals surface area contributed by atoms with Crippen LogP contribution in [-0.2, 0) is 4.79 Å². The monoisotopic (exact) mass is 183 g/mol. The number of carbonyl (C=O) groups is 1. The molecule has 0 spiro atoms. The molecule has 0 radical (unpaired) electrons. The fourth-order valence-electron chi connectivity index (χ4n) is 3.06. The Bertz CT molecular complexity index is 229. The van der Waals surface area contributed by atoms with E-state index in [1.54, 1.807) is 0 Å². The average molecular weight is 183 g/mol. The zero-order chi connectivity index (χ0) is 9.47. The number of fused-ring (bicyclic) bond motifs is 1. The summed E-state index contributed by atoms with van der Waals surface area (Å²) in [5.41, 5.74) is 5.69. The fourth-order valence-corrected chi connectivity index (χ4v) is 3.06. The molecule has 13 heavy (non-hydrogen) atoms. The first-order chi connectivity index (χ1) is 6.18. The van der Waals surface area contributed by atoms with Gasteiger partial charge in [-0.1, -0.05) is 12.8 Å². The van der Waals surface area contributed by atoms with Gasteiger partial charge in [0.05, 0.1) is 6.42 Å². The zero-order valence-corrected chi connectivity index (χ0v) is 7.83. The number of aliphatic carboxylic acids is 1. The molecule has 2 aliphatic rings. The van der Waals surface area contributed by atoms with E-state index in [4.69, 9.17) is 10.8 Å². The molecule has 2 fully saturated rings. The van der Waals surface area contributed by atoms with Crippen molar-refractivity contribution in [3.05, 3.63) is 0 Å². The highest BCUT2D eigenvalue weighted by Crippen LogP contribution is 2.60. The van der Waals surface area contributed by atoms with E-state index in [9.17, 15) is 4.79 Å². The molecule has 0 heterocycles. The predicted molar refractivity (Wildman–Crippen MR) is 49.2 cm³/mol. The molecular weight excluding hydrogens is 166 g/mol. The van der Waals surface area contributed by atoms with Crippen LogP contribution >= 0.6 is 0 Å². The Morgan fingerprint density at radius 3 is 3.00 bits per heavy atom. The third-order valence-corrected chi connectivity index (χ3v) is 3.87. The fraction of sp³-hybridized carbons (Fsp3) is 0.900. The summed E-state index contributed by atoms with van der Waals surface area (Å²) < 4.78 is 0. The summed E-state index contributed by atoms with van der Waals surface area (Å²) in [7, 11) is 0. The minimum Gasteiger partial charge on any atom is -0.481 e. The molecular formula is C10H17NO2. The Labute approximate surface area is 78.3 Å². The molecule has 0 amide bonds. The first-order valence-corrected chi connectivity index (χ1v) is 5.10. The van der Waals surface area contributed by atoms with Crippen molar-refractivity contribution >= 4 is 5.97 Å². The Morgan fingerprint density at radius 1 is 1.62 bits per heavy atom. The van der Waals surface area contributed by atoms with E-state index in [-0.39, 0.29) is 11.8 Å². The second-order valence-electron chi connectivity index (χ2n) is 4.63. The zero-order valence-electron chi connectivity index (χ0n) is 7.83. The maximum Gasteiger partial charge on any atom is 0.303 e. The van der Waals surface area contributed by atoms with Gasteiger partial charge >= 0.3 is 5.97 Å². The second-order valence-corrected chi connectivity index (χ2v) is 4.63. The van der Waals surface area contributed by atoms with E-state index in [1.165, 1.54) is 19.3 Å². The largest absolute Gasteiger partial charge is 0.481 e. The summed E-state index contributed by atoms with van der Waals surface area (Å²) in [6.45, 7) is 0.556. The molecule has 2 saturated carbocycles. The molecule has 0 aromatic carbocycles. The lowest BCUT2D eigenvalue weighted by Crippen LogP contribution is -2.37. The van der Waals surface area contributed by atoms with Crippen molar-refractivity contribution in [1.82, 2.24) is 0 Å². The van der Waals surface area contributed by atoms with Crippen LogP contribution in [0.25, 0.3) is 0 Å². The molecule has 0 aromatic heterocycles. The Hall–Kier alpha value is -0.570. The minimum atomic E-state index is -0.682. The summed E-state index contributed by atoms with van der Waals surface area (Å²) in [6, 6.07) is 0. The number of carboxylic acids is 1. The quantitative estimate of drug-likeness (QED) is 0.691. The Morgan fingerprint density at radius 2 is 2.38 bits per heavy atom. The van der Waals surface area contributed by atoms with E-state index in [1.807, 2.05) is 0 Å². The van der Waals surface area contributed by atoms with Crippen LogP contribution in [0.5, 0.6) is 0 Å². The lowest BCUT2D eigenvalue weighted by atomic mass is 9.71. The molecule has 74 valence electrons. The molecule has 0 aliphatic heterocycles. The lowest BCUT2D eigenvalue weighted by Gasteiger charge is -2.34. The molecule has 3 heteroatoms. The Balaban J connectivity index is 2.09. The van der Waals surface area contributed by atoms with Gasteiger partial charge in [-0.3, -0.25) is 4.79 Å². The summed E-state index contributed by atoms with van der Waals surface area (Å²) in [6.07, 6.45) is 5.00. The third-order valence-electron chi connectivity index (χ3n) is 3.87. The van der Waals surface area contributed by atoms with Crippen LogP contribution < -0.4 is 5.73 Å². The van der Waals surface area contributed by atoms with Crippen LogP contribution in [0, 0.1) is 17.3 Å². The van der Waals surface area contributed by atoms with Crippen molar-refractivity contribution in [2.24, 2.45) is 23.0 Å². The van der Waals surface area contributed by atoms with Gasteiger partial charge in [0.1, 0.15) is 0 Å². The normalized spacial score (nSPS) is 42.5. The maximum atomic E-state index is 10.7. The molecule has 2 rings (SSSR count). The average Bonchev–Trinajstić information content (AvgIpc) is 2.83. The highest BCUT2D eigenvalue weighted by atomic mass is 16.4. The summed E-state index contributed by atoms with van der Waals surface area (Å²) in [4.78, 5) is 10.7. The predicted octanol–water partition coefficient (Wildman–Crippen LogP) is 1.23. The van der Waals surface area contributed by atoms with Crippen LogP contribution in [0.2, 0.25) is 0 Å². The van der Waals surface area contributed by atoms with Gasteiger partial charge in [0.15, 0.2) is 0 Å². The molecule has 3 nitrogen and oxygen atoms in total. The molecule has 0 bridgehead atoms. The van der Waals surface area contributed by atoms with E-state index in [2.05, 4.69) is 0 Å². The molecule has 3 N–H and O–H groups in total. The topological polar surface area (TPSA) is 63.3 Å². The maximum absolute atomic E-state index is 10.7. The molecule has 3 atom stereocenters. The summed E-state index contributed by atoms with van der Waals surface area (Å²) >= 11 is 0. The standard InChI is InChI=1S/C10H17NO2/c11-6-10(5-9(12)13)3-1-2-7-4-8(7)10/h7-8H,1-6,11H2,(H,12,13). The minimum absolute atomic E-state index is 0.0469. The number of carboxylic acid groups (broad SMARTS) is 1. The van der Waals surface area contributed by atoms with Gasteiger partial charge in [-0.25, -0.2) is 0 Å². The molecule has 3 unspecified atom stereocenters. The lowest BCUT2D eigenvalue weighted by molar-refractivity contribution is -0.140. The van der Waals surface area contributed by atoms with Crippen LogP contribution in [0.1, 0.15) is 32.1 Å². The number of hydrogen-bond donors (Lipinski definition) is 2. The molecule has 0 saturated heterocycles. The third kappa shape index (κ3) is 1.46. The van der Waals surface area contributed by atoms with Crippen molar-refractivity contribution < 1.29 is 9.90 Å². The summed E-state index contributed by atoms with van der Waals surface area (Å²) in [5.74, 6) is 0.747. The van der Waals surface area contributed by atoms with Crippen LogP contribution in [-0.4, -0.2) is 17.6 Å². The van der Waals surface area contributed by atoms with Crippen molar-refractivity contribution in [2.45, 2.75) is 32.1 Å². The van der Waals surface area contributed by atoms with Gasteiger partial charge in [0.2, 0.25) is 0 Å². The van der Waals surface area contributed by atoms with Crippen molar-refractivity contribution in [2.75, 3.05) is 6.54 Å². The first kappa shape index (κ1) is 9.00. The van der Waals surface area contributed by atoms with Gasteiger partial charge in [0.25, 0.3) is 0 Å². The number of nitrogens with two attached hydrogens (primary N) is 1. The van der Waals surface area contributed by atoms with Gasteiger partial charge in [-0.15, -0.1) is 0 Å². The van der Waals surface area contributed by atoms with Crippen LogP contribution in [0.15, 0.2) is 0 Å². The van der Waals surface area contributed by atoms with E-state index >= 15 is 0 Å². The van der Waals surface area contributed by atoms with Gasteiger partial charge < -0.3 is 10.8 Å². The van der Waals surface area contributed by atoms with Crippen molar-refractivity contribution in [3.63, 3.8) is 0 Å². The number of rotatable bonds is 3. The van der Waals surface area contributed by atoms with Gasteiger partial charge in [0, 0.05) is 0 Å². The van der Waals surface area contributed by atoms with Crippen LogP contribution in [0.3, 0.4) is 0 Å². The molecule has 0 aromatic rings. The van der Waals surface area contributed by atoms with Crippen molar-refractivity contribution in [1.29, 1.82) is 0 Å². The first-order valence-electron chi connectivity index (χ1n) is 5.10. The highest BCUT2D eigenvalue weighted by molar-refractivity contribution is 5.68. The molecule has 2 aliphatic carbocycles. The number of hydrogen-bond acceptors (Lipinski definition) is 2. The smallest absolute Gasteiger partial charge is 0.303 e. The summed E-state index contributed by atoms with van der Waals surface area (Å²) in [5, 5.41) is 8.84. The van der Waals surface area contributed by atoms with E-state index in [0.29, 0.717) is 12.5 Å². The van der Waals surface area contributed by atoms with Crippen LogP contribution in [0.4, 0.5) is 0 Å². The van der Waals surface area contributed by atoms with Gasteiger partial charge in [-0.05, 0) is 36.6 Å². The highest BCUT2D eigenvalue weighted by Gasteiger charge is 2.54. The second kappa shape index (κ2) is 2.98. The van der Waals surface area contributed by atoms with Crippen molar-refractivity contribution in [3.8, 4) is 0 Å². The van der Waals surface area contributed by atoms with Gasteiger partial charge in [-0.2, -0.15) is 0 Å². The Kier molecular flexibility index (Phi) is 2.06. The SMILES string of the molecule is NCC1(CC(=O)O)CCCC2CC21. The van der Waals surface area contributed by atoms with E-state index < -0.39 is 5.97 Å². The van der Waals surface area contributed by atoms with E-state index in [0.717, 1.165) is 12.3 Å².